The number of hydrogen-bond acceptors (Lipinski definition) is 3. The molecule has 0 aliphatic heterocycles. The van der Waals surface area contributed by atoms with Crippen LogP contribution in [0.5, 0.6) is 0 Å². The molecule has 6 heteroatoms. The first-order valence-electron chi connectivity index (χ1n) is 21.7. The number of nitrogens with zero attached hydrogens (tertiary/aromatic N) is 2. The summed E-state index contributed by atoms with van der Waals surface area (Å²) in [6, 6.07) is 0. The zero-order valence-electron chi connectivity index (χ0n) is 34.0. The molecule has 0 radical (unpaired) electrons. The average molecular weight is 718 g/mol. The molecule has 0 aromatic carbocycles. The van der Waals surface area contributed by atoms with Gasteiger partial charge in [-0.1, -0.05) is 206 Å². The van der Waals surface area contributed by atoms with Crippen LogP contribution >= 0.6 is 6.64 Å². The molecule has 0 unspecified atom stereocenters. The molecule has 0 fully saturated rings. The van der Waals surface area contributed by atoms with Crippen LogP contribution in [0.15, 0.2) is 0 Å². The van der Waals surface area contributed by atoms with E-state index in [9.17, 15) is 0 Å². The maximum Gasteiger partial charge on any atom is 0.263 e. The van der Waals surface area contributed by atoms with E-state index in [1.165, 1.54) is 193 Å². The van der Waals surface area contributed by atoms with Crippen molar-refractivity contribution in [3.63, 3.8) is 0 Å². The van der Waals surface area contributed by atoms with Crippen molar-refractivity contribution in [2.75, 3.05) is 54.5 Å². The van der Waals surface area contributed by atoms with E-state index in [1.54, 1.807) is 0 Å². The molecule has 0 spiro atoms. The van der Waals surface area contributed by atoms with Crippen molar-refractivity contribution < 1.29 is 13.5 Å². The molecule has 0 N–H and O–H groups in total. The normalized spacial score (nSPS) is 12.5. The monoisotopic (exact) mass is 718 g/mol. The maximum absolute atomic E-state index is 6.43. The van der Waals surface area contributed by atoms with Gasteiger partial charge in [-0.25, -0.2) is 4.67 Å². The Balaban J connectivity index is 3.95. The minimum atomic E-state index is -2.42. The standard InChI is InChI=1S/C42H90N2O2PS/c1-7-9-11-13-15-17-19-21-23-25-27-29-31-33-35-37-41-45-47(48,43(3)39-40-44(4,5)6)46-42-38-36-34-32-30-28-26-24-22-20-18-16-14-12-10-8-2/h7-42H2,1-6H3/q+1. The molecular formula is C42H90N2O2PS+. The van der Waals surface area contributed by atoms with E-state index in [4.69, 9.17) is 20.9 Å². The zero-order chi connectivity index (χ0) is 35.4. The summed E-state index contributed by atoms with van der Waals surface area (Å²) in [7, 11) is 8.85. The molecule has 0 atom stereocenters. The SMILES string of the molecule is CCCCCCCCCCCCCCCCCCOP(=S)(OCCCCCCCCCCCCCCCCCC)N(C)CC[N+](C)(C)C. The van der Waals surface area contributed by atoms with Crippen LogP contribution in [-0.4, -0.2) is 63.6 Å². The van der Waals surface area contributed by atoms with Crippen LogP contribution in [0.1, 0.15) is 219 Å². The average Bonchev–Trinajstić information content (AvgIpc) is 3.06. The van der Waals surface area contributed by atoms with Gasteiger partial charge in [-0.3, -0.25) is 0 Å². The van der Waals surface area contributed by atoms with Crippen molar-refractivity contribution in [2.24, 2.45) is 0 Å². The van der Waals surface area contributed by atoms with Gasteiger partial charge in [-0.2, -0.15) is 0 Å². The van der Waals surface area contributed by atoms with E-state index in [-0.39, 0.29) is 0 Å². The fraction of sp³-hybridized carbons (Fsp3) is 1.00. The number of rotatable bonds is 40. The molecule has 0 aromatic rings. The number of unbranched alkanes of at least 4 members (excludes halogenated alkanes) is 30. The minimum Gasteiger partial charge on any atom is -0.330 e. The van der Waals surface area contributed by atoms with Gasteiger partial charge in [0.05, 0.1) is 47.4 Å². The fourth-order valence-corrected chi connectivity index (χ4v) is 8.68. The summed E-state index contributed by atoms with van der Waals surface area (Å²) in [5.41, 5.74) is 0. The third-order valence-electron chi connectivity index (χ3n) is 10.0. The molecule has 0 aliphatic rings. The lowest BCUT2D eigenvalue weighted by atomic mass is 10.0. The maximum atomic E-state index is 6.43. The molecule has 0 aromatic heterocycles. The van der Waals surface area contributed by atoms with E-state index < -0.39 is 6.64 Å². The van der Waals surface area contributed by atoms with Crippen molar-refractivity contribution in [1.29, 1.82) is 0 Å². The summed E-state index contributed by atoms with van der Waals surface area (Å²) in [4.78, 5) is 0. The summed E-state index contributed by atoms with van der Waals surface area (Å²) in [6.07, 6.45) is 44.4. The molecule has 0 aliphatic carbocycles. The molecule has 0 amide bonds. The van der Waals surface area contributed by atoms with Crippen molar-refractivity contribution in [1.82, 2.24) is 4.67 Å². The Labute approximate surface area is 309 Å². The Bertz CT molecular complexity index is 645. The molecule has 0 saturated heterocycles. The lowest BCUT2D eigenvalue weighted by Gasteiger charge is -2.33. The van der Waals surface area contributed by atoms with Crippen molar-refractivity contribution in [2.45, 2.75) is 219 Å². The highest BCUT2D eigenvalue weighted by Crippen LogP contribution is 2.51. The van der Waals surface area contributed by atoms with Crippen LogP contribution < -0.4 is 0 Å². The fourth-order valence-electron chi connectivity index (χ4n) is 6.46. The van der Waals surface area contributed by atoms with Crippen LogP contribution in [0.2, 0.25) is 0 Å². The predicted octanol–water partition coefficient (Wildman–Crippen LogP) is 14.4. The first kappa shape index (κ1) is 48.5. The van der Waals surface area contributed by atoms with Gasteiger partial charge < -0.3 is 13.5 Å². The summed E-state index contributed by atoms with van der Waals surface area (Å²) in [6.45, 7) is 5.62. The largest absolute Gasteiger partial charge is 0.330 e. The van der Waals surface area contributed by atoms with Gasteiger partial charge in [0, 0.05) is 0 Å². The smallest absolute Gasteiger partial charge is 0.263 e. The summed E-state index contributed by atoms with van der Waals surface area (Å²) >= 11 is 6.12. The number of hydrogen-bond donors (Lipinski definition) is 0. The molecular weight excluding hydrogens is 628 g/mol. The lowest BCUT2D eigenvalue weighted by Crippen LogP contribution is -2.40. The van der Waals surface area contributed by atoms with E-state index in [1.807, 2.05) is 0 Å². The summed E-state index contributed by atoms with van der Waals surface area (Å²) < 4.78 is 16.0. The summed E-state index contributed by atoms with van der Waals surface area (Å²) in [5.74, 6) is 0. The first-order chi connectivity index (χ1) is 23.2. The van der Waals surface area contributed by atoms with Crippen LogP contribution in [0.4, 0.5) is 0 Å². The van der Waals surface area contributed by atoms with Gasteiger partial charge in [0.2, 0.25) is 0 Å². The van der Waals surface area contributed by atoms with Gasteiger partial charge in [0.15, 0.2) is 0 Å². The van der Waals surface area contributed by atoms with E-state index in [2.05, 4.69) is 46.7 Å². The second kappa shape index (κ2) is 35.9. The Morgan fingerprint density at radius 2 is 0.646 bits per heavy atom. The molecule has 0 heterocycles. The van der Waals surface area contributed by atoms with E-state index in [0.717, 1.165) is 43.6 Å². The highest BCUT2D eigenvalue weighted by Gasteiger charge is 2.26. The quantitative estimate of drug-likeness (QED) is 0.0357. The van der Waals surface area contributed by atoms with Crippen LogP contribution in [0, 0.1) is 0 Å². The molecule has 48 heavy (non-hydrogen) atoms. The second-order valence-corrected chi connectivity index (χ2v) is 19.7. The van der Waals surface area contributed by atoms with Crippen LogP contribution in [0.3, 0.4) is 0 Å². The van der Waals surface area contributed by atoms with Gasteiger partial charge in [-0.15, -0.1) is 0 Å². The van der Waals surface area contributed by atoms with Crippen LogP contribution in [0.25, 0.3) is 0 Å². The van der Waals surface area contributed by atoms with E-state index in [0.29, 0.717) is 0 Å². The lowest BCUT2D eigenvalue weighted by molar-refractivity contribution is -0.869. The highest BCUT2D eigenvalue weighted by molar-refractivity contribution is 8.08. The second-order valence-electron chi connectivity index (χ2n) is 16.1. The molecule has 4 nitrogen and oxygen atoms in total. The van der Waals surface area contributed by atoms with Crippen LogP contribution in [-0.2, 0) is 20.9 Å². The Morgan fingerprint density at radius 3 is 0.875 bits per heavy atom. The van der Waals surface area contributed by atoms with Gasteiger partial charge >= 0.3 is 0 Å². The number of likely N-dealkylation sites (N-methyl/N-ethyl adjacent to an activating group) is 2. The third-order valence-corrected chi connectivity index (χ3v) is 13.5. The van der Waals surface area contributed by atoms with Gasteiger partial charge in [0.1, 0.15) is 0 Å². The Kier molecular flexibility index (Phi) is 36.2. The Morgan fingerprint density at radius 1 is 0.417 bits per heavy atom. The summed E-state index contributed by atoms with van der Waals surface area (Å²) in [5, 5.41) is 0. The highest BCUT2D eigenvalue weighted by atomic mass is 32.5. The van der Waals surface area contributed by atoms with E-state index >= 15 is 0 Å². The topological polar surface area (TPSA) is 21.7 Å². The molecule has 0 rings (SSSR count). The first-order valence-corrected chi connectivity index (χ1v) is 24.3. The molecule has 290 valence electrons. The van der Waals surface area contributed by atoms with Crippen molar-refractivity contribution in [3.05, 3.63) is 0 Å². The molecule has 0 bridgehead atoms. The molecule has 0 saturated carbocycles. The van der Waals surface area contributed by atoms with Crippen molar-refractivity contribution in [3.8, 4) is 0 Å². The number of quaternary nitrogens is 1. The predicted molar refractivity (Wildman–Crippen MR) is 221 cm³/mol. The zero-order valence-corrected chi connectivity index (χ0v) is 35.7. The van der Waals surface area contributed by atoms with Gasteiger partial charge in [0.25, 0.3) is 6.64 Å². The third kappa shape index (κ3) is 34.9. The minimum absolute atomic E-state index is 0.739. The van der Waals surface area contributed by atoms with Crippen molar-refractivity contribution >= 4 is 18.4 Å². The Hall–Kier alpha value is 0.490. The van der Waals surface area contributed by atoms with Gasteiger partial charge in [-0.05, 0) is 31.7 Å².